The van der Waals surface area contributed by atoms with E-state index in [0.717, 1.165) is 24.2 Å². The highest BCUT2D eigenvalue weighted by molar-refractivity contribution is 5.39. The maximum Gasteiger partial charge on any atom is 0.124 e. The molecule has 0 saturated heterocycles. The van der Waals surface area contributed by atoms with E-state index >= 15 is 0 Å². The zero-order chi connectivity index (χ0) is 14.7. The van der Waals surface area contributed by atoms with Gasteiger partial charge < -0.3 is 4.74 Å². The molecule has 1 aliphatic rings. The van der Waals surface area contributed by atoms with E-state index in [1.54, 1.807) is 0 Å². The normalized spacial score (nSPS) is 15.7. The van der Waals surface area contributed by atoms with E-state index < -0.39 is 0 Å². The second-order valence-electron chi connectivity index (χ2n) is 5.55. The molecular weight excluding hydrogens is 260 g/mol. The van der Waals surface area contributed by atoms with Crippen LogP contribution in [0.2, 0.25) is 0 Å². The lowest BCUT2D eigenvalue weighted by atomic mass is 9.90. The molecule has 0 aliphatic heterocycles. The van der Waals surface area contributed by atoms with Crippen LogP contribution in [0, 0.1) is 5.92 Å². The standard InChI is InChI=1S/C18H22N2O/c1-2-21-17-10-6-5-9-16(17)18(20-19)15-11-13-7-3-4-8-14(13)12-15/h3-10,15,18,20H,2,11-12,19H2,1H3. The Morgan fingerprint density at radius 2 is 1.71 bits per heavy atom. The van der Waals surface area contributed by atoms with Crippen molar-refractivity contribution < 1.29 is 4.74 Å². The first-order chi connectivity index (χ1) is 10.3. The zero-order valence-corrected chi connectivity index (χ0v) is 12.4. The number of hydrazine groups is 1. The zero-order valence-electron chi connectivity index (χ0n) is 12.4. The Morgan fingerprint density at radius 3 is 2.33 bits per heavy atom. The molecule has 2 aromatic rings. The van der Waals surface area contributed by atoms with Crippen LogP contribution in [0.4, 0.5) is 0 Å². The summed E-state index contributed by atoms with van der Waals surface area (Å²) in [6, 6.07) is 17.0. The van der Waals surface area contributed by atoms with Crippen LogP contribution in [0.3, 0.4) is 0 Å². The third kappa shape index (κ3) is 2.80. The van der Waals surface area contributed by atoms with Crippen molar-refractivity contribution in [1.82, 2.24) is 5.43 Å². The Kier molecular flexibility index (Phi) is 4.23. The Balaban J connectivity index is 1.87. The highest BCUT2D eigenvalue weighted by atomic mass is 16.5. The number of fused-ring (bicyclic) bond motifs is 1. The van der Waals surface area contributed by atoms with Crippen LogP contribution < -0.4 is 16.0 Å². The largest absolute Gasteiger partial charge is 0.494 e. The molecular formula is C18H22N2O. The molecule has 0 spiro atoms. The van der Waals surface area contributed by atoms with Crippen molar-refractivity contribution in [2.45, 2.75) is 25.8 Å². The van der Waals surface area contributed by atoms with Gasteiger partial charge in [0.25, 0.3) is 0 Å². The average Bonchev–Trinajstić information content (AvgIpc) is 2.93. The number of nitrogens with one attached hydrogen (secondary N) is 1. The molecule has 0 amide bonds. The predicted octanol–water partition coefficient (Wildman–Crippen LogP) is 3.00. The Bertz CT molecular complexity index is 587. The average molecular weight is 282 g/mol. The third-order valence-electron chi connectivity index (χ3n) is 4.29. The van der Waals surface area contributed by atoms with Crippen LogP contribution >= 0.6 is 0 Å². The SMILES string of the molecule is CCOc1ccccc1C(NN)C1Cc2ccccc2C1. The van der Waals surface area contributed by atoms with Crippen molar-refractivity contribution in [1.29, 1.82) is 0 Å². The molecule has 0 bridgehead atoms. The van der Waals surface area contributed by atoms with Crippen molar-refractivity contribution in [2.24, 2.45) is 11.8 Å². The minimum absolute atomic E-state index is 0.111. The molecule has 1 aliphatic carbocycles. The predicted molar refractivity (Wildman–Crippen MR) is 85.0 cm³/mol. The molecule has 0 fully saturated rings. The Labute approximate surface area is 126 Å². The van der Waals surface area contributed by atoms with Gasteiger partial charge in [-0.05, 0) is 42.9 Å². The number of benzene rings is 2. The molecule has 0 heterocycles. The van der Waals surface area contributed by atoms with E-state index in [9.17, 15) is 0 Å². The first-order valence-corrected chi connectivity index (χ1v) is 7.58. The van der Waals surface area contributed by atoms with Crippen LogP contribution in [-0.4, -0.2) is 6.61 Å². The number of ether oxygens (including phenoxy) is 1. The summed E-state index contributed by atoms with van der Waals surface area (Å²) < 4.78 is 5.76. The van der Waals surface area contributed by atoms with Crippen LogP contribution in [0.15, 0.2) is 48.5 Å². The van der Waals surface area contributed by atoms with E-state index in [1.807, 2.05) is 25.1 Å². The van der Waals surface area contributed by atoms with Crippen molar-refractivity contribution in [3.63, 3.8) is 0 Å². The number of nitrogens with two attached hydrogens (primary N) is 1. The summed E-state index contributed by atoms with van der Waals surface area (Å²) in [6.45, 7) is 2.67. The molecule has 110 valence electrons. The fourth-order valence-electron chi connectivity index (χ4n) is 3.33. The fourth-order valence-corrected chi connectivity index (χ4v) is 3.33. The van der Waals surface area contributed by atoms with Crippen molar-refractivity contribution in [3.05, 3.63) is 65.2 Å². The van der Waals surface area contributed by atoms with Gasteiger partial charge in [0.15, 0.2) is 0 Å². The van der Waals surface area contributed by atoms with E-state index in [1.165, 1.54) is 11.1 Å². The van der Waals surface area contributed by atoms with E-state index in [0.29, 0.717) is 12.5 Å². The van der Waals surface area contributed by atoms with Gasteiger partial charge in [-0.15, -0.1) is 0 Å². The summed E-state index contributed by atoms with van der Waals surface area (Å²) in [7, 11) is 0. The van der Waals surface area contributed by atoms with Gasteiger partial charge in [0.05, 0.1) is 12.6 Å². The van der Waals surface area contributed by atoms with Gasteiger partial charge in [0, 0.05) is 5.56 Å². The lowest BCUT2D eigenvalue weighted by Gasteiger charge is -2.25. The molecule has 0 saturated carbocycles. The second kappa shape index (κ2) is 6.29. The first kappa shape index (κ1) is 14.1. The third-order valence-corrected chi connectivity index (χ3v) is 4.29. The Morgan fingerprint density at radius 1 is 1.10 bits per heavy atom. The summed E-state index contributed by atoms with van der Waals surface area (Å²) in [5.41, 5.74) is 7.05. The maximum absolute atomic E-state index is 5.88. The van der Waals surface area contributed by atoms with E-state index in [2.05, 4.69) is 35.8 Å². The van der Waals surface area contributed by atoms with Gasteiger partial charge in [0.2, 0.25) is 0 Å². The molecule has 1 unspecified atom stereocenters. The summed E-state index contributed by atoms with van der Waals surface area (Å²) in [5, 5.41) is 0. The lowest BCUT2D eigenvalue weighted by molar-refractivity contribution is 0.316. The Hall–Kier alpha value is -1.84. The van der Waals surface area contributed by atoms with Gasteiger partial charge in [-0.1, -0.05) is 42.5 Å². The van der Waals surface area contributed by atoms with Crippen LogP contribution in [-0.2, 0) is 12.8 Å². The molecule has 3 nitrogen and oxygen atoms in total. The minimum atomic E-state index is 0.111. The lowest BCUT2D eigenvalue weighted by Crippen LogP contribution is -2.34. The smallest absolute Gasteiger partial charge is 0.124 e. The molecule has 3 rings (SSSR count). The summed E-state index contributed by atoms with van der Waals surface area (Å²) in [5.74, 6) is 7.28. The van der Waals surface area contributed by atoms with Gasteiger partial charge in [0.1, 0.15) is 5.75 Å². The maximum atomic E-state index is 5.88. The molecule has 0 radical (unpaired) electrons. The number of hydrogen-bond donors (Lipinski definition) is 2. The van der Waals surface area contributed by atoms with Crippen LogP contribution in [0.1, 0.15) is 29.7 Å². The minimum Gasteiger partial charge on any atom is -0.494 e. The fraction of sp³-hybridized carbons (Fsp3) is 0.333. The van der Waals surface area contributed by atoms with Gasteiger partial charge in [-0.25, -0.2) is 0 Å². The van der Waals surface area contributed by atoms with Crippen LogP contribution in [0.25, 0.3) is 0 Å². The summed E-state index contributed by atoms with van der Waals surface area (Å²) >= 11 is 0. The molecule has 3 N–H and O–H groups in total. The van der Waals surface area contributed by atoms with Gasteiger partial charge in [-0.2, -0.15) is 0 Å². The molecule has 2 aromatic carbocycles. The summed E-state index contributed by atoms with van der Waals surface area (Å²) in [6.07, 6.45) is 2.12. The van der Waals surface area contributed by atoms with E-state index in [4.69, 9.17) is 10.6 Å². The molecule has 21 heavy (non-hydrogen) atoms. The topological polar surface area (TPSA) is 47.3 Å². The van der Waals surface area contributed by atoms with Gasteiger partial charge in [-0.3, -0.25) is 11.3 Å². The monoisotopic (exact) mass is 282 g/mol. The summed E-state index contributed by atoms with van der Waals surface area (Å²) in [4.78, 5) is 0. The van der Waals surface area contributed by atoms with Crippen molar-refractivity contribution in [2.75, 3.05) is 6.61 Å². The highest BCUT2D eigenvalue weighted by Gasteiger charge is 2.30. The molecule has 3 heteroatoms. The second-order valence-corrected chi connectivity index (χ2v) is 5.55. The highest BCUT2D eigenvalue weighted by Crippen LogP contribution is 2.37. The number of para-hydroxylation sites is 1. The quantitative estimate of drug-likeness (QED) is 0.654. The number of rotatable bonds is 5. The molecule has 0 aromatic heterocycles. The van der Waals surface area contributed by atoms with Crippen molar-refractivity contribution >= 4 is 0 Å². The first-order valence-electron chi connectivity index (χ1n) is 7.58. The van der Waals surface area contributed by atoms with E-state index in [-0.39, 0.29) is 6.04 Å². The molecule has 1 atom stereocenters. The van der Waals surface area contributed by atoms with Gasteiger partial charge >= 0.3 is 0 Å². The van der Waals surface area contributed by atoms with Crippen LogP contribution in [0.5, 0.6) is 5.75 Å². The van der Waals surface area contributed by atoms with Crippen molar-refractivity contribution in [3.8, 4) is 5.75 Å². The number of hydrogen-bond acceptors (Lipinski definition) is 3.